The van der Waals surface area contributed by atoms with Crippen molar-refractivity contribution in [3.63, 3.8) is 0 Å². The van der Waals surface area contributed by atoms with Gasteiger partial charge in [-0.1, -0.05) is 80.3 Å². The molecule has 0 aliphatic rings. The fourth-order valence-electron chi connectivity index (χ4n) is 3.02. The summed E-state index contributed by atoms with van der Waals surface area (Å²) in [5.41, 5.74) is 3.27. The van der Waals surface area contributed by atoms with E-state index in [4.69, 9.17) is 0 Å². The molecule has 0 fully saturated rings. The van der Waals surface area contributed by atoms with Gasteiger partial charge >= 0.3 is 0 Å². The molecule has 1 amide bonds. The first-order chi connectivity index (χ1) is 14.3. The molecule has 2 aromatic heterocycles. The standard InChI is InChI=1S/C22H23N5OS2/c1-22(2,3)15-11-9-14(10-12-15)19-25-26-21(27(19)4)29-13-18(28)24-20-23-16-7-5-6-8-17(16)30-20/h5-12H,13H2,1-4H3,(H,23,24,28). The summed E-state index contributed by atoms with van der Waals surface area (Å²) >= 11 is 2.83. The Bertz CT molecular complexity index is 1160. The second-order valence-corrected chi connectivity index (χ2v) is 9.99. The Balaban J connectivity index is 1.41. The van der Waals surface area contributed by atoms with Crippen LogP contribution in [0.25, 0.3) is 21.6 Å². The summed E-state index contributed by atoms with van der Waals surface area (Å²) in [5.74, 6) is 0.910. The monoisotopic (exact) mass is 437 g/mol. The van der Waals surface area contributed by atoms with Gasteiger partial charge in [0.25, 0.3) is 0 Å². The van der Waals surface area contributed by atoms with Crippen LogP contribution in [-0.4, -0.2) is 31.4 Å². The lowest BCUT2D eigenvalue weighted by Crippen LogP contribution is -2.14. The number of anilines is 1. The number of thioether (sulfide) groups is 1. The minimum Gasteiger partial charge on any atom is -0.305 e. The smallest absolute Gasteiger partial charge is 0.236 e. The van der Waals surface area contributed by atoms with Crippen molar-refractivity contribution in [3.8, 4) is 11.4 Å². The first kappa shape index (κ1) is 20.6. The largest absolute Gasteiger partial charge is 0.305 e. The predicted octanol–water partition coefficient (Wildman–Crippen LogP) is 5.12. The maximum absolute atomic E-state index is 12.4. The van der Waals surface area contributed by atoms with Crippen LogP contribution < -0.4 is 5.32 Å². The second-order valence-electron chi connectivity index (χ2n) is 8.02. The third-order valence-electron chi connectivity index (χ3n) is 4.72. The average molecular weight is 438 g/mol. The lowest BCUT2D eigenvalue weighted by molar-refractivity contribution is -0.113. The second kappa shape index (κ2) is 8.20. The van der Waals surface area contributed by atoms with Crippen LogP contribution in [0.3, 0.4) is 0 Å². The van der Waals surface area contributed by atoms with Crippen LogP contribution in [0.2, 0.25) is 0 Å². The fraction of sp³-hybridized carbons (Fsp3) is 0.273. The molecule has 4 rings (SSSR count). The quantitative estimate of drug-likeness (QED) is 0.439. The number of para-hydroxylation sites is 1. The molecule has 30 heavy (non-hydrogen) atoms. The molecule has 6 nitrogen and oxygen atoms in total. The predicted molar refractivity (Wildman–Crippen MR) is 124 cm³/mol. The molecule has 0 radical (unpaired) electrons. The number of fused-ring (bicyclic) bond motifs is 1. The van der Waals surface area contributed by atoms with Gasteiger partial charge < -0.3 is 9.88 Å². The van der Waals surface area contributed by atoms with Crippen molar-refractivity contribution in [2.24, 2.45) is 7.05 Å². The summed E-state index contributed by atoms with van der Waals surface area (Å²) in [7, 11) is 1.92. The normalized spacial score (nSPS) is 11.7. The Morgan fingerprint density at radius 2 is 1.83 bits per heavy atom. The number of thiazole rings is 1. The van der Waals surface area contributed by atoms with E-state index in [0.717, 1.165) is 21.6 Å². The van der Waals surface area contributed by atoms with Crippen molar-refractivity contribution in [1.29, 1.82) is 0 Å². The molecule has 0 saturated carbocycles. The Morgan fingerprint density at radius 3 is 2.53 bits per heavy atom. The number of hydrogen-bond acceptors (Lipinski definition) is 6. The van der Waals surface area contributed by atoms with Crippen molar-refractivity contribution in [3.05, 3.63) is 54.1 Å². The van der Waals surface area contributed by atoms with Gasteiger partial charge in [-0.05, 0) is 23.1 Å². The molecule has 0 atom stereocenters. The van der Waals surface area contributed by atoms with E-state index in [1.165, 1.54) is 28.7 Å². The SMILES string of the molecule is Cn1c(SCC(=O)Nc2nc3ccccc3s2)nnc1-c1ccc(C(C)(C)C)cc1. The molecule has 2 heterocycles. The van der Waals surface area contributed by atoms with E-state index in [9.17, 15) is 4.79 Å². The molecule has 0 aliphatic carbocycles. The van der Waals surface area contributed by atoms with E-state index in [2.05, 4.69) is 65.5 Å². The van der Waals surface area contributed by atoms with E-state index < -0.39 is 0 Å². The number of carbonyl (C=O) groups is 1. The van der Waals surface area contributed by atoms with Gasteiger partial charge in [-0.3, -0.25) is 4.79 Å². The highest BCUT2D eigenvalue weighted by atomic mass is 32.2. The Kier molecular flexibility index (Phi) is 5.62. The van der Waals surface area contributed by atoms with E-state index >= 15 is 0 Å². The van der Waals surface area contributed by atoms with E-state index in [1.54, 1.807) is 0 Å². The van der Waals surface area contributed by atoms with Gasteiger partial charge in [0.1, 0.15) is 0 Å². The van der Waals surface area contributed by atoms with Crippen LogP contribution in [0.5, 0.6) is 0 Å². The highest BCUT2D eigenvalue weighted by molar-refractivity contribution is 7.99. The first-order valence-corrected chi connectivity index (χ1v) is 11.4. The van der Waals surface area contributed by atoms with Crippen molar-refractivity contribution >= 4 is 44.4 Å². The summed E-state index contributed by atoms with van der Waals surface area (Å²) in [6.07, 6.45) is 0. The number of benzene rings is 2. The lowest BCUT2D eigenvalue weighted by Gasteiger charge is -2.19. The van der Waals surface area contributed by atoms with Gasteiger partial charge in [0.05, 0.1) is 16.0 Å². The van der Waals surface area contributed by atoms with Gasteiger partial charge in [-0.15, -0.1) is 10.2 Å². The van der Waals surface area contributed by atoms with E-state index in [0.29, 0.717) is 10.3 Å². The van der Waals surface area contributed by atoms with Gasteiger partial charge in [0.2, 0.25) is 5.91 Å². The summed E-state index contributed by atoms with van der Waals surface area (Å²) in [6.45, 7) is 6.58. The first-order valence-electron chi connectivity index (χ1n) is 9.60. The molecule has 2 aromatic carbocycles. The Labute approximate surface area is 183 Å². The van der Waals surface area contributed by atoms with Crippen LogP contribution >= 0.6 is 23.1 Å². The summed E-state index contributed by atoms with van der Waals surface area (Å²) < 4.78 is 2.97. The summed E-state index contributed by atoms with van der Waals surface area (Å²) in [6, 6.07) is 16.2. The molecule has 0 unspecified atom stereocenters. The molecule has 4 aromatic rings. The lowest BCUT2D eigenvalue weighted by atomic mass is 9.87. The topological polar surface area (TPSA) is 72.7 Å². The number of hydrogen-bond donors (Lipinski definition) is 1. The van der Waals surface area contributed by atoms with Crippen LogP contribution in [0.1, 0.15) is 26.3 Å². The summed E-state index contributed by atoms with van der Waals surface area (Å²) in [4.78, 5) is 16.8. The number of rotatable bonds is 5. The Hall–Kier alpha value is -2.71. The number of nitrogens with zero attached hydrogens (tertiary/aromatic N) is 4. The molecule has 0 aliphatic heterocycles. The molecule has 0 bridgehead atoms. The zero-order valence-electron chi connectivity index (χ0n) is 17.3. The number of nitrogens with one attached hydrogen (secondary N) is 1. The third-order valence-corrected chi connectivity index (χ3v) is 6.69. The van der Waals surface area contributed by atoms with Gasteiger partial charge in [0, 0.05) is 12.6 Å². The van der Waals surface area contributed by atoms with Gasteiger partial charge in [-0.2, -0.15) is 0 Å². The zero-order chi connectivity index (χ0) is 21.3. The summed E-state index contributed by atoms with van der Waals surface area (Å²) in [5, 5.41) is 12.8. The highest BCUT2D eigenvalue weighted by Gasteiger charge is 2.16. The minimum atomic E-state index is -0.113. The van der Waals surface area contributed by atoms with E-state index in [-0.39, 0.29) is 17.1 Å². The fourth-order valence-corrected chi connectivity index (χ4v) is 4.62. The van der Waals surface area contributed by atoms with Crippen molar-refractivity contribution in [2.45, 2.75) is 31.3 Å². The highest BCUT2D eigenvalue weighted by Crippen LogP contribution is 2.28. The van der Waals surface area contributed by atoms with Crippen LogP contribution in [0.4, 0.5) is 5.13 Å². The Morgan fingerprint density at radius 1 is 1.10 bits per heavy atom. The molecule has 154 valence electrons. The van der Waals surface area contributed by atoms with E-state index in [1.807, 2.05) is 35.9 Å². The van der Waals surface area contributed by atoms with Crippen molar-refractivity contribution in [2.75, 3.05) is 11.1 Å². The number of aromatic nitrogens is 4. The minimum absolute atomic E-state index is 0.107. The van der Waals surface area contributed by atoms with Crippen molar-refractivity contribution < 1.29 is 4.79 Å². The maximum atomic E-state index is 12.4. The molecule has 8 heteroatoms. The maximum Gasteiger partial charge on any atom is 0.236 e. The molecule has 0 spiro atoms. The number of amides is 1. The van der Waals surface area contributed by atoms with Crippen molar-refractivity contribution in [1.82, 2.24) is 19.7 Å². The zero-order valence-corrected chi connectivity index (χ0v) is 19.0. The number of carbonyl (C=O) groups excluding carboxylic acids is 1. The third kappa shape index (κ3) is 4.39. The molecular formula is C22H23N5OS2. The molecule has 0 saturated heterocycles. The average Bonchev–Trinajstić information content (AvgIpc) is 3.28. The van der Waals surface area contributed by atoms with Crippen LogP contribution in [0.15, 0.2) is 53.7 Å². The van der Waals surface area contributed by atoms with Crippen LogP contribution in [-0.2, 0) is 17.3 Å². The van der Waals surface area contributed by atoms with Gasteiger partial charge in [0.15, 0.2) is 16.1 Å². The molecule has 1 N–H and O–H groups in total. The molecular weight excluding hydrogens is 414 g/mol. The van der Waals surface area contributed by atoms with Crippen LogP contribution in [0, 0.1) is 0 Å². The van der Waals surface area contributed by atoms with Gasteiger partial charge in [-0.25, -0.2) is 4.98 Å².